The smallest absolute Gasteiger partial charge is 0.138 e. The molecule has 0 radical (unpaired) electrons. The lowest BCUT2D eigenvalue weighted by atomic mass is 10.1. The maximum Gasteiger partial charge on any atom is 0.138 e. The lowest BCUT2D eigenvalue weighted by molar-refractivity contribution is 1.06. The first kappa shape index (κ1) is 14.4. The lowest BCUT2D eigenvalue weighted by Crippen LogP contribution is -2.00. The highest BCUT2D eigenvalue weighted by atomic mass is 79.9. The molecule has 0 unspecified atom stereocenters. The van der Waals surface area contributed by atoms with E-state index in [4.69, 9.17) is 0 Å². The Kier molecular flexibility index (Phi) is 3.19. The standard InChI is InChI=1S/C20H12Br2N2/c21-14-7-8-23-20(11-14)24-15-3-1-12(2-4-15)13-9-16-17(10-13)19(24)6-5-18(16)22/h1-8,10-11H,9H2. The number of benzene rings is 2. The molecule has 4 bridgehead atoms. The molecule has 4 heteroatoms. The minimum Gasteiger partial charge on any atom is -0.294 e. The van der Waals surface area contributed by atoms with Gasteiger partial charge in [-0.05, 0) is 65.4 Å². The van der Waals surface area contributed by atoms with E-state index in [-0.39, 0.29) is 0 Å². The van der Waals surface area contributed by atoms with E-state index in [9.17, 15) is 0 Å². The number of halogens is 2. The van der Waals surface area contributed by atoms with Gasteiger partial charge in [0.1, 0.15) is 5.82 Å². The van der Waals surface area contributed by atoms with Gasteiger partial charge in [0.15, 0.2) is 0 Å². The number of hydrogen-bond donors (Lipinski definition) is 0. The van der Waals surface area contributed by atoms with Crippen molar-refractivity contribution in [3.05, 3.63) is 80.9 Å². The predicted molar refractivity (Wildman–Crippen MR) is 106 cm³/mol. The molecule has 0 spiro atoms. The Labute approximate surface area is 156 Å². The highest BCUT2D eigenvalue weighted by molar-refractivity contribution is 9.10. The van der Waals surface area contributed by atoms with Crippen molar-refractivity contribution in [1.29, 1.82) is 0 Å². The summed E-state index contributed by atoms with van der Waals surface area (Å²) in [6.07, 6.45) is 2.80. The van der Waals surface area contributed by atoms with Gasteiger partial charge in [0.25, 0.3) is 0 Å². The van der Waals surface area contributed by atoms with Gasteiger partial charge in [-0.2, -0.15) is 0 Å². The summed E-state index contributed by atoms with van der Waals surface area (Å²) in [5.41, 5.74) is 5.01. The fourth-order valence-electron chi connectivity index (χ4n) is 3.50. The van der Waals surface area contributed by atoms with Crippen LogP contribution >= 0.6 is 31.9 Å². The third-order valence-electron chi connectivity index (χ3n) is 4.64. The molecule has 0 amide bonds. The summed E-state index contributed by atoms with van der Waals surface area (Å²) in [5.74, 6) is 0.908. The van der Waals surface area contributed by atoms with Crippen molar-refractivity contribution >= 4 is 53.7 Å². The molecular weight excluding hydrogens is 428 g/mol. The topological polar surface area (TPSA) is 17.8 Å². The van der Waals surface area contributed by atoms with Crippen molar-refractivity contribution in [2.45, 2.75) is 6.42 Å². The van der Waals surface area contributed by atoms with Crippen LogP contribution in [0.15, 0.2) is 69.7 Å². The largest absolute Gasteiger partial charge is 0.294 e. The Morgan fingerprint density at radius 2 is 1.75 bits per heavy atom. The van der Waals surface area contributed by atoms with E-state index in [1.165, 1.54) is 31.9 Å². The Morgan fingerprint density at radius 3 is 2.54 bits per heavy atom. The summed E-state index contributed by atoms with van der Waals surface area (Å²) in [6.45, 7) is 0. The van der Waals surface area contributed by atoms with Gasteiger partial charge in [-0.25, -0.2) is 4.98 Å². The average molecular weight is 440 g/mol. The van der Waals surface area contributed by atoms with Crippen molar-refractivity contribution in [2.24, 2.45) is 0 Å². The van der Waals surface area contributed by atoms with Crippen LogP contribution in [0, 0.1) is 0 Å². The molecule has 116 valence electrons. The predicted octanol–water partition coefficient (Wildman–Crippen LogP) is 6.17. The van der Waals surface area contributed by atoms with Gasteiger partial charge in [-0.3, -0.25) is 4.57 Å². The fourth-order valence-corrected chi connectivity index (χ4v) is 4.31. The number of aromatic nitrogens is 2. The number of rotatable bonds is 1. The van der Waals surface area contributed by atoms with E-state index in [1.807, 2.05) is 12.3 Å². The number of fused-ring (bicyclic) bond motifs is 2. The second-order valence-electron chi connectivity index (χ2n) is 6.02. The third-order valence-corrected chi connectivity index (χ3v) is 5.87. The van der Waals surface area contributed by atoms with Crippen LogP contribution in [0.4, 0.5) is 0 Å². The van der Waals surface area contributed by atoms with Crippen molar-refractivity contribution in [1.82, 2.24) is 9.55 Å². The molecule has 3 heterocycles. The summed E-state index contributed by atoms with van der Waals surface area (Å²) >= 11 is 7.29. The van der Waals surface area contributed by atoms with Crippen LogP contribution < -0.4 is 0 Å². The molecule has 0 N–H and O–H groups in total. The maximum absolute atomic E-state index is 4.61. The summed E-state index contributed by atoms with van der Waals surface area (Å²) in [4.78, 5) is 4.61. The summed E-state index contributed by atoms with van der Waals surface area (Å²) in [7, 11) is 0. The Bertz CT molecular complexity index is 1140. The molecule has 0 atom stereocenters. The van der Waals surface area contributed by atoms with E-state index in [2.05, 4.69) is 89.9 Å². The minimum atomic E-state index is 0.908. The van der Waals surface area contributed by atoms with Crippen LogP contribution in [0.3, 0.4) is 0 Å². The lowest BCUT2D eigenvalue weighted by Gasteiger charge is -2.13. The Hall–Kier alpha value is -1.91. The SMILES string of the molecule is Brc1ccnc(-n2c3ccc(cc3)c3cc4c(c(Br)ccc42)C3)c1. The van der Waals surface area contributed by atoms with Crippen molar-refractivity contribution in [3.8, 4) is 5.82 Å². The van der Waals surface area contributed by atoms with Crippen LogP contribution in [0.5, 0.6) is 0 Å². The first-order valence-electron chi connectivity index (χ1n) is 7.75. The molecule has 0 saturated heterocycles. The van der Waals surface area contributed by atoms with Crippen molar-refractivity contribution in [3.63, 3.8) is 0 Å². The second kappa shape index (κ2) is 5.30. The number of hydrogen-bond acceptors (Lipinski definition) is 1. The van der Waals surface area contributed by atoms with Gasteiger partial charge in [-0.1, -0.05) is 44.0 Å². The molecule has 1 aliphatic rings. The normalized spacial score (nSPS) is 12.4. The molecule has 1 aliphatic carbocycles. The van der Waals surface area contributed by atoms with E-state index in [1.54, 1.807) is 0 Å². The van der Waals surface area contributed by atoms with E-state index in [0.29, 0.717) is 0 Å². The van der Waals surface area contributed by atoms with E-state index >= 15 is 0 Å². The molecule has 5 aromatic rings. The highest BCUT2D eigenvalue weighted by Crippen LogP contribution is 2.36. The second-order valence-corrected chi connectivity index (χ2v) is 7.79. The minimum absolute atomic E-state index is 0.908. The fraction of sp³-hybridized carbons (Fsp3) is 0.0500. The van der Waals surface area contributed by atoms with Crippen LogP contribution in [-0.2, 0) is 6.42 Å². The Morgan fingerprint density at radius 1 is 0.917 bits per heavy atom. The molecule has 0 saturated carbocycles. The molecule has 0 aliphatic heterocycles. The monoisotopic (exact) mass is 438 g/mol. The van der Waals surface area contributed by atoms with Crippen LogP contribution in [0.1, 0.15) is 11.1 Å². The zero-order valence-electron chi connectivity index (χ0n) is 12.6. The van der Waals surface area contributed by atoms with Gasteiger partial charge in [0, 0.05) is 26.0 Å². The number of nitrogens with zero attached hydrogens (tertiary/aromatic N) is 2. The third kappa shape index (κ3) is 2.10. The molecule has 2 aromatic carbocycles. The Balaban J connectivity index is 2.05. The molecule has 6 rings (SSSR count). The van der Waals surface area contributed by atoms with Gasteiger partial charge in [0.2, 0.25) is 0 Å². The first-order chi connectivity index (χ1) is 11.7. The van der Waals surface area contributed by atoms with Gasteiger partial charge < -0.3 is 0 Å². The summed E-state index contributed by atoms with van der Waals surface area (Å²) in [5, 5.41) is 2.57. The quantitative estimate of drug-likeness (QED) is 0.305. The van der Waals surface area contributed by atoms with Crippen LogP contribution in [0.25, 0.3) is 27.6 Å². The zero-order chi connectivity index (χ0) is 16.3. The van der Waals surface area contributed by atoms with Gasteiger partial charge >= 0.3 is 0 Å². The molecule has 0 fully saturated rings. The molecule has 2 nitrogen and oxygen atoms in total. The summed E-state index contributed by atoms with van der Waals surface area (Å²) < 4.78 is 4.42. The van der Waals surface area contributed by atoms with Crippen LogP contribution in [0.2, 0.25) is 0 Å². The molecule has 3 aromatic heterocycles. The van der Waals surface area contributed by atoms with Crippen molar-refractivity contribution in [2.75, 3.05) is 0 Å². The number of pyridine rings is 1. The van der Waals surface area contributed by atoms with E-state index < -0.39 is 0 Å². The van der Waals surface area contributed by atoms with Crippen molar-refractivity contribution < 1.29 is 0 Å². The first-order valence-corrected chi connectivity index (χ1v) is 9.33. The van der Waals surface area contributed by atoms with E-state index in [0.717, 1.165) is 22.2 Å². The van der Waals surface area contributed by atoms with Gasteiger partial charge in [-0.15, -0.1) is 0 Å². The maximum atomic E-state index is 4.61. The summed E-state index contributed by atoms with van der Waals surface area (Å²) in [6, 6.07) is 19.4. The molecule has 24 heavy (non-hydrogen) atoms. The highest BCUT2D eigenvalue weighted by Gasteiger charge is 2.17. The average Bonchev–Trinajstić information content (AvgIpc) is 3.07. The zero-order valence-corrected chi connectivity index (χ0v) is 15.8. The molecular formula is C20H12Br2N2. The van der Waals surface area contributed by atoms with Crippen LogP contribution in [-0.4, -0.2) is 9.55 Å². The van der Waals surface area contributed by atoms with Gasteiger partial charge in [0.05, 0.1) is 5.52 Å².